The molecule has 1 saturated carbocycles. The lowest BCUT2D eigenvalue weighted by molar-refractivity contribution is -0.128. The van der Waals surface area contributed by atoms with E-state index < -0.39 is 0 Å². The molecule has 0 saturated heterocycles. The molecule has 14 heavy (non-hydrogen) atoms. The number of hydrogen-bond acceptors (Lipinski definition) is 2. The molecule has 1 aromatic carbocycles. The number of amides is 1. The Kier molecular flexibility index (Phi) is 2.50. The van der Waals surface area contributed by atoms with Crippen molar-refractivity contribution in [3.63, 3.8) is 0 Å². The van der Waals surface area contributed by atoms with E-state index in [2.05, 4.69) is 17.6 Å². The maximum atomic E-state index is 11.1. The number of hydrogen-bond donors (Lipinski definition) is 2. The highest BCUT2D eigenvalue weighted by molar-refractivity contribution is 5.79. The van der Waals surface area contributed by atoms with Gasteiger partial charge in [0.05, 0.1) is 0 Å². The SMILES string of the molecule is NNC(=O)C1CC(c2ccccc2)C1. The number of carbonyl (C=O) groups is 1. The van der Waals surface area contributed by atoms with Gasteiger partial charge in [0.25, 0.3) is 0 Å². The van der Waals surface area contributed by atoms with Crippen LogP contribution >= 0.6 is 0 Å². The van der Waals surface area contributed by atoms with Gasteiger partial charge in [0.2, 0.25) is 5.91 Å². The first-order chi connectivity index (χ1) is 6.81. The Morgan fingerprint density at radius 2 is 1.93 bits per heavy atom. The first-order valence-electron chi connectivity index (χ1n) is 4.86. The van der Waals surface area contributed by atoms with Crippen LogP contribution in [-0.2, 0) is 4.79 Å². The molecule has 1 aliphatic rings. The Morgan fingerprint density at radius 3 is 2.50 bits per heavy atom. The predicted molar refractivity (Wildman–Crippen MR) is 54.2 cm³/mol. The molecule has 3 N–H and O–H groups in total. The molecule has 1 aromatic rings. The van der Waals surface area contributed by atoms with Gasteiger partial charge in [-0.15, -0.1) is 0 Å². The Bertz CT molecular complexity index is 317. The summed E-state index contributed by atoms with van der Waals surface area (Å²) in [5, 5.41) is 0. The lowest BCUT2D eigenvalue weighted by atomic mass is 9.71. The Balaban J connectivity index is 1.92. The van der Waals surface area contributed by atoms with Gasteiger partial charge in [0.15, 0.2) is 0 Å². The van der Waals surface area contributed by atoms with Crippen LogP contribution in [0.5, 0.6) is 0 Å². The first kappa shape index (κ1) is 9.21. The molecule has 3 nitrogen and oxygen atoms in total. The van der Waals surface area contributed by atoms with Crippen LogP contribution in [0.3, 0.4) is 0 Å². The van der Waals surface area contributed by atoms with Crippen LogP contribution in [0.4, 0.5) is 0 Å². The van der Waals surface area contributed by atoms with Crippen LogP contribution in [-0.4, -0.2) is 5.91 Å². The molecule has 0 radical (unpaired) electrons. The van der Waals surface area contributed by atoms with E-state index >= 15 is 0 Å². The highest BCUT2D eigenvalue weighted by Crippen LogP contribution is 2.41. The second-order valence-corrected chi connectivity index (χ2v) is 3.78. The quantitative estimate of drug-likeness (QED) is 0.418. The second kappa shape index (κ2) is 3.80. The zero-order chi connectivity index (χ0) is 9.97. The lowest BCUT2D eigenvalue weighted by Crippen LogP contribution is -2.41. The minimum atomic E-state index is -0.0304. The van der Waals surface area contributed by atoms with E-state index in [0.717, 1.165) is 12.8 Å². The van der Waals surface area contributed by atoms with Crippen LogP contribution in [0.2, 0.25) is 0 Å². The monoisotopic (exact) mass is 190 g/mol. The maximum absolute atomic E-state index is 11.1. The van der Waals surface area contributed by atoms with Gasteiger partial charge in [0, 0.05) is 5.92 Å². The van der Waals surface area contributed by atoms with E-state index in [1.54, 1.807) is 0 Å². The van der Waals surface area contributed by atoms with Gasteiger partial charge in [-0.1, -0.05) is 30.3 Å². The topological polar surface area (TPSA) is 55.1 Å². The summed E-state index contributed by atoms with van der Waals surface area (Å²) in [5.41, 5.74) is 3.53. The minimum Gasteiger partial charge on any atom is -0.294 e. The molecule has 3 heteroatoms. The zero-order valence-electron chi connectivity index (χ0n) is 7.94. The molecule has 0 spiro atoms. The molecule has 0 aromatic heterocycles. The van der Waals surface area contributed by atoms with Gasteiger partial charge in [-0.25, -0.2) is 5.84 Å². The van der Waals surface area contributed by atoms with E-state index in [1.165, 1.54) is 5.56 Å². The van der Waals surface area contributed by atoms with E-state index in [4.69, 9.17) is 5.84 Å². The van der Waals surface area contributed by atoms with Crippen molar-refractivity contribution in [1.29, 1.82) is 0 Å². The standard InChI is InChI=1S/C11H14N2O/c12-13-11(14)10-6-9(7-10)8-4-2-1-3-5-8/h1-5,9-10H,6-7,12H2,(H,13,14). The minimum absolute atomic E-state index is 0.0304. The number of benzene rings is 1. The van der Waals surface area contributed by atoms with Crippen molar-refractivity contribution in [2.24, 2.45) is 11.8 Å². The van der Waals surface area contributed by atoms with E-state index in [9.17, 15) is 4.79 Å². The fraction of sp³-hybridized carbons (Fsp3) is 0.364. The second-order valence-electron chi connectivity index (χ2n) is 3.78. The van der Waals surface area contributed by atoms with Gasteiger partial charge in [-0.3, -0.25) is 10.2 Å². The van der Waals surface area contributed by atoms with Crippen LogP contribution < -0.4 is 11.3 Å². The van der Waals surface area contributed by atoms with Crippen molar-refractivity contribution in [1.82, 2.24) is 5.43 Å². The molecule has 0 aliphatic heterocycles. The van der Waals surface area contributed by atoms with Gasteiger partial charge in [-0.2, -0.15) is 0 Å². The number of rotatable bonds is 2. The largest absolute Gasteiger partial charge is 0.294 e. The molecule has 0 bridgehead atoms. The normalized spacial score (nSPS) is 25.2. The van der Waals surface area contributed by atoms with Crippen LogP contribution in [0.15, 0.2) is 30.3 Å². The third-order valence-corrected chi connectivity index (χ3v) is 2.92. The molecule has 0 heterocycles. The molecular formula is C11H14N2O. The van der Waals surface area contributed by atoms with E-state index in [-0.39, 0.29) is 11.8 Å². The van der Waals surface area contributed by atoms with E-state index in [0.29, 0.717) is 5.92 Å². The molecule has 0 atom stereocenters. The van der Waals surface area contributed by atoms with Gasteiger partial charge in [-0.05, 0) is 24.3 Å². The number of nitrogens with one attached hydrogen (secondary N) is 1. The fourth-order valence-corrected chi connectivity index (χ4v) is 1.95. The summed E-state index contributed by atoms with van der Waals surface area (Å²) >= 11 is 0. The Hall–Kier alpha value is -1.35. The highest BCUT2D eigenvalue weighted by Gasteiger charge is 2.34. The van der Waals surface area contributed by atoms with Crippen LogP contribution in [0, 0.1) is 5.92 Å². The number of nitrogens with two attached hydrogens (primary N) is 1. The number of hydrazine groups is 1. The summed E-state index contributed by atoms with van der Waals surface area (Å²) in [6.45, 7) is 0. The van der Waals surface area contributed by atoms with Crippen molar-refractivity contribution in [3.8, 4) is 0 Å². The Morgan fingerprint density at radius 1 is 1.29 bits per heavy atom. The van der Waals surface area contributed by atoms with Crippen LogP contribution in [0.25, 0.3) is 0 Å². The smallest absolute Gasteiger partial charge is 0.237 e. The third kappa shape index (κ3) is 1.63. The first-order valence-corrected chi connectivity index (χ1v) is 4.86. The molecule has 2 rings (SSSR count). The Labute approximate surface area is 83.3 Å². The molecule has 1 amide bonds. The molecule has 1 aliphatic carbocycles. The van der Waals surface area contributed by atoms with Gasteiger partial charge in [0.1, 0.15) is 0 Å². The zero-order valence-corrected chi connectivity index (χ0v) is 7.94. The summed E-state index contributed by atoms with van der Waals surface area (Å²) in [6, 6.07) is 10.3. The van der Waals surface area contributed by atoms with Crippen molar-refractivity contribution in [2.45, 2.75) is 18.8 Å². The maximum Gasteiger partial charge on any atom is 0.237 e. The van der Waals surface area contributed by atoms with Crippen molar-refractivity contribution in [3.05, 3.63) is 35.9 Å². The summed E-state index contributed by atoms with van der Waals surface area (Å²) in [7, 11) is 0. The number of carbonyl (C=O) groups excluding carboxylic acids is 1. The van der Waals surface area contributed by atoms with Crippen molar-refractivity contribution in [2.75, 3.05) is 0 Å². The van der Waals surface area contributed by atoms with Crippen molar-refractivity contribution >= 4 is 5.91 Å². The highest BCUT2D eigenvalue weighted by atomic mass is 16.2. The third-order valence-electron chi connectivity index (χ3n) is 2.92. The molecular weight excluding hydrogens is 176 g/mol. The average molecular weight is 190 g/mol. The molecule has 1 fully saturated rings. The summed E-state index contributed by atoms with van der Waals surface area (Å²) in [6.07, 6.45) is 1.85. The summed E-state index contributed by atoms with van der Waals surface area (Å²) in [4.78, 5) is 11.1. The van der Waals surface area contributed by atoms with Gasteiger partial charge < -0.3 is 0 Å². The predicted octanol–water partition coefficient (Wildman–Crippen LogP) is 1.17. The fourth-order valence-electron chi connectivity index (χ4n) is 1.95. The van der Waals surface area contributed by atoms with Crippen molar-refractivity contribution < 1.29 is 4.79 Å². The average Bonchev–Trinajstić information content (AvgIpc) is 2.17. The lowest BCUT2D eigenvalue weighted by Gasteiger charge is -2.34. The summed E-state index contributed by atoms with van der Waals surface area (Å²) < 4.78 is 0. The van der Waals surface area contributed by atoms with Crippen LogP contribution in [0.1, 0.15) is 24.3 Å². The molecule has 74 valence electrons. The van der Waals surface area contributed by atoms with E-state index in [1.807, 2.05) is 18.2 Å². The van der Waals surface area contributed by atoms with Gasteiger partial charge >= 0.3 is 0 Å². The molecule has 0 unspecified atom stereocenters. The summed E-state index contributed by atoms with van der Waals surface area (Å²) in [5.74, 6) is 5.69.